The van der Waals surface area contributed by atoms with Gasteiger partial charge in [-0.15, -0.1) is 0 Å². The highest BCUT2D eigenvalue weighted by atomic mass is 16.5. The van der Waals surface area contributed by atoms with Crippen LogP contribution in [-0.4, -0.2) is 37.6 Å². The third-order valence-electron chi connectivity index (χ3n) is 1.37. The van der Waals surface area contributed by atoms with E-state index in [4.69, 9.17) is 4.74 Å². The van der Waals surface area contributed by atoms with E-state index in [0.29, 0.717) is 13.1 Å². The predicted molar refractivity (Wildman–Crippen MR) is 52.8 cm³/mol. The third-order valence-corrected chi connectivity index (χ3v) is 1.37. The fourth-order valence-electron chi connectivity index (χ4n) is 0.734. The van der Waals surface area contributed by atoms with Gasteiger partial charge in [0.1, 0.15) is 6.61 Å². The van der Waals surface area contributed by atoms with Crippen LogP contribution in [0.2, 0.25) is 0 Å². The van der Waals surface area contributed by atoms with Crippen molar-refractivity contribution >= 4 is 11.8 Å². The molecular weight excluding hydrogens is 184 g/mol. The molecule has 82 valence electrons. The molecule has 0 fully saturated rings. The van der Waals surface area contributed by atoms with Crippen molar-refractivity contribution in [3.05, 3.63) is 0 Å². The molecule has 0 radical (unpaired) electrons. The summed E-state index contributed by atoms with van der Waals surface area (Å²) >= 11 is 0. The van der Waals surface area contributed by atoms with E-state index in [1.807, 2.05) is 13.8 Å². The van der Waals surface area contributed by atoms with Crippen LogP contribution in [0.4, 0.5) is 0 Å². The van der Waals surface area contributed by atoms with E-state index in [-0.39, 0.29) is 24.5 Å². The molecular formula is C9H18N2O3. The second kappa shape index (κ2) is 7.32. The molecule has 0 aliphatic carbocycles. The molecule has 0 bridgehead atoms. The SMILES string of the molecule is CC(=O)NCCNC(=O)COC(C)C. The maximum absolute atomic E-state index is 11.0. The van der Waals surface area contributed by atoms with Crippen molar-refractivity contribution in [1.82, 2.24) is 10.6 Å². The van der Waals surface area contributed by atoms with Gasteiger partial charge in [0.25, 0.3) is 0 Å². The maximum atomic E-state index is 11.0. The van der Waals surface area contributed by atoms with Gasteiger partial charge < -0.3 is 15.4 Å². The Labute approximate surface area is 84.2 Å². The Kier molecular flexibility index (Phi) is 6.74. The summed E-state index contributed by atoms with van der Waals surface area (Å²) in [5.74, 6) is -0.262. The first kappa shape index (κ1) is 12.9. The zero-order valence-electron chi connectivity index (χ0n) is 8.92. The van der Waals surface area contributed by atoms with Crippen LogP contribution < -0.4 is 10.6 Å². The summed E-state index contributed by atoms with van der Waals surface area (Å²) in [6, 6.07) is 0. The molecule has 0 aliphatic rings. The largest absolute Gasteiger partial charge is 0.369 e. The lowest BCUT2D eigenvalue weighted by atomic mass is 10.5. The Morgan fingerprint density at radius 1 is 1.21 bits per heavy atom. The zero-order valence-corrected chi connectivity index (χ0v) is 8.92. The number of hydrogen-bond acceptors (Lipinski definition) is 3. The lowest BCUT2D eigenvalue weighted by Crippen LogP contribution is -2.35. The monoisotopic (exact) mass is 202 g/mol. The molecule has 2 amide bonds. The van der Waals surface area contributed by atoms with Gasteiger partial charge in [-0.3, -0.25) is 9.59 Å². The third kappa shape index (κ3) is 8.99. The quantitative estimate of drug-likeness (QED) is 0.579. The van der Waals surface area contributed by atoms with Gasteiger partial charge in [-0.2, -0.15) is 0 Å². The first-order valence-electron chi connectivity index (χ1n) is 4.65. The molecule has 0 aliphatic heterocycles. The summed E-state index contributed by atoms with van der Waals surface area (Å²) in [5.41, 5.74) is 0. The Morgan fingerprint density at radius 2 is 1.79 bits per heavy atom. The lowest BCUT2D eigenvalue weighted by molar-refractivity contribution is -0.127. The lowest BCUT2D eigenvalue weighted by Gasteiger charge is -2.08. The molecule has 0 rings (SSSR count). The van der Waals surface area contributed by atoms with Gasteiger partial charge in [0, 0.05) is 20.0 Å². The van der Waals surface area contributed by atoms with Crippen LogP contribution in [0, 0.1) is 0 Å². The minimum atomic E-state index is -0.163. The molecule has 0 unspecified atom stereocenters. The second-order valence-corrected chi connectivity index (χ2v) is 3.19. The topological polar surface area (TPSA) is 67.4 Å². The standard InChI is InChI=1S/C9H18N2O3/c1-7(2)14-6-9(13)11-5-4-10-8(3)12/h7H,4-6H2,1-3H3,(H,10,12)(H,11,13). The highest BCUT2D eigenvalue weighted by Gasteiger charge is 2.01. The van der Waals surface area contributed by atoms with Crippen LogP contribution in [0.1, 0.15) is 20.8 Å². The Balaban J connectivity index is 3.31. The number of rotatable bonds is 6. The molecule has 5 nitrogen and oxygen atoms in total. The molecule has 0 aromatic carbocycles. The van der Waals surface area contributed by atoms with Crippen molar-refractivity contribution in [3.63, 3.8) is 0 Å². The van der Waals surface area contributed by atoms with E-state index < -0.39 is 0 Å². The van der Waals surface area contributed by atoms with Gasteiger partial charge in [-0.1, -0.05) is 0 Å². The first-order chi connectivity index (χ1) is 6.52. The van der Waals surface area contributed by atoms with E-state index in [1.165, 1.54) is 6.92 Å². The molecule has 0 aromatic rings. The van der Waals surface area contributed by atoms with Crippen LogP contribution in [0.5, 0.6) is 0 Å². The van der Waals surface area contributed by atoms with Crippen molar-refractivity contribution in [2.75, 3.05) is 19.7 Å². The summed E-state index contributed by atoms with van der Waals surface area (Å²) in [7, 11) is 0. The summed E-state index contributed by atoms with van der Waals surface area (Å²) in [6.45, 7) is 6.11. The van der Waals surface area contributed by atoms with E-state index in [0.717, 1.165) is 0 Å². The van der Waals surface area contributed by atoms with Crippen LogP contribution in [0.15, 0.2) is 0 Å². The summed E-state index contributed by atoms with van der Waals surface area (Å²) in [6.07, 6.45) is 0.0519. The smallest absolute Gasteiger partial charge is 0.246 e. The van der Waals surface area contributed by atoms with Gasteiger partial charge in [-0.05, 0) is 13.8 Å². The average molecular weight is 202 g/mol. The average Bonchev–Trinajstić information content (AvgIpc) is 2.08. The number of amides is 2. The molecule has 14 heavy (non-hydrogen) atoms. The molecule has 0 spiro atoms. The van der Waals surface area contributed by atoms with Crippen molar-refractivity contribution in [2.45, 2.75) is 26.9 Å². The number of carbonyl (C=O) groups is 2. The number of ether oxygens (including phenoxy) is 1. The van der Waals surface area contributed by atoms with Gasteiger partial charge >= 0.3 is 0 Å². The van der Waals surface area contributed by atoms with Crippen LogP contribution >= 0.6 is 0 Å². The van der Waals surface area contributed by atoms with E-state index >= 15 is 0 Å². The summed E-state index contributed by atoms with van der Waals surface area (Å²) in [5, 5.41) is 5.19. The van der Waals surface area contributed by atoms with Crippen molar-refractivity contribution in [3.8, 4) is 0 Å². The van der Waals surface area contributed by atoms with Gasteiger partial charge in [0.2, 0.25) is 11.8 Å². The van der Waals surface area contributed by atoms with E-state index in [9.17, 15) is 9.59 Å². The molecule has 0 atom stereocenters. The van der Waals surface area contributed by atoms with Crippen LogP contribution in [0.25, 0.3) is 0 Å². The fourth-order valence-corrected chi connectivity index (χ4v) is 0.734. The van der Waals surface area contributed by atoms with Crippen molar-refractivity contribution in [1.29, 1.82) is 0 Å². The molecule has 0 saturated carbocycles. The predicted octanol–water partition coefficient (Wildman–Crippen LogP) is -0.336. The van der Waals surface area contributed by atoms with Crippen molar-refractivity contribution < 1.29 is 14.3 Å². The number of carbonyl (C=O) groups excluding carboxylic acids is 2. The summed E-state index contributed by atoms with van der Waals surface area (Å²) in [4.78, 5) is 21.5. The number of nitrogens with one attached hydrogen (secondary N) is 2. The Bertz CT molecular complexity index is 192. The fraction of sp³-hybridized carbons (Fsp3) is 0.778. The van der Waals surface area contributed by atoms with E-state index in [1.54, 1.807) is 0 Å². The van der Waals surface area contributed by atoms with Gasteiger partial charge in [0.05, 0.1) is 6.10 Å². The van der Waals surface area contributed by atoms with Gasteiger partial charge in [0.15, 0.2) is 0 Å². The molecule has 5 heteroatoms. The molecule has 0 heterocycles. The minimum absolute atomic E-state index is 0.0519. The molecule has 0 saturated heterocycles. The molecule has 2 N–H and O–H groups in total. The zero-order chi connectivity index (χ0) is 11.0. The number of hydrogen-bond donors (Lipinski definition) is 2. The Morgan fingerprint density at radius 3 is 2.29 bits per heavy atom. The highest BCUT2D eigenvalue weighted by molar-refractivity contribution is 5.77. The second-order valence-electron chi connectivity index (χ2n) is 3.19. The van der Waals surface area contributed by atoms with E-state index in [2.05, 4.69) is 10.6 Å². The maximum Gasteiger partial charge on any atom is 0.246 e. The summed E-state index contributed by atoms with van der Waals surface area (Å²) < 4.78 is 5.08. The molecule has 0 aromatic heterocycles. The Hall–Kier alpha value is -1.10. The van der Waals surface area contributed by atoms with Gasteiger partial charge in [-0.25, -0.2) is 0 Å². The highest BCUT2D eigenvalue weighted by Crippen LogP contribution is 1.85. The first-order valence-corrected chi connectivity index (χ1v) is 4.65. The van der Waals surface area contributed by atoms with Crippen molar-refractivity contribution in [2.24, 2.45) is 0 Å². The van der Waals surface area contributed by atoms with Crippen LogP contribution in [0.3, 0.4) is 0 Å². The minimum Gasteiger partial charge on any atom is -0.369 e. The van der Waals surface area contributed by atoms with Crippen LogP contribution in [-0.2, 0) is 14.3 Å². The normalized spacial score (nSPS) is 10.0.